The summed E-state index contributed by atoms with van der Waals surface area (Å²) in [5, 5.41) is 6.55. The Kier molecular flexibility index (Phi) is 3.26. The highest BCUT2D eigenvalue weighted by molar-refractivity contribution is 5.38. The Morgan fingerprint density at radius 2 is 1.53 bits per heavy atom. The average molecular weight is 209 g/mol. The maximum absolute atomic E-state index is 2.25. The molecule has 0 aliphatic carbocycles. The van der Waals surface area contributed by atoms with E-state index in [-0.39, 0.29) is 5.54 Å². The van der Waals surface area contributed by atoms with Crippen LogP contribution < -0.4 is 0 Å². The predicted molar refractivity (Wildman–Crippen MR) is 64.9 cm³/mol. The van der Waals surface area contributed by atoms with Crippen molar-refractivity contribution in [1.82, 2.24) is 15.1 Å². The van der Waals surface area contributed by atoms with Gasteiger partial charge in [-0.1, -0.05) is 12.2 Å². The van der Waals surface area contributed by atoms with Crippen LogP contribution in [0.1, 0.15) is 27.7 Å². The van der Waals surface area contributed by atoms with E-state index in [0.29, 0.717) is 0 Å². The van der Waals surface area contributed by atoms with Crippen molar-refractivity contribution in [2.75, 3.05) is 21.1 Å². The van der Waals surface area contributed by atoms with Crippen LogP contribution in [-0.2, 0) is 0 Å². The lowest BCUT2D eigenvalue weighted by molar-refractivity contribution is -0.176. The molecular weight excluding hydrogens is 186 g/mol. The van der Waals surface area contributed by atoms with E-state index >= 15 is 0 Å². The number of hydrogen-bond donors (Lipinski definition) is 0. The van der Waals surface area contributed by atoms with Crippen molar-refractivity contribution in [3.63, 3.8) is 0 Å². The minimum atomic E-state index is 0.0395. The Morgan fingerprint density at radius 3 is 1.93 bits per heavy atom. The normalized spacial score (nSPS) is 29.1. The molecule has 0 aromatic carbocycles. The van der Waals surface area contributed by atoms with Crippen LogP contribution >= 0.6 is 0 Å². The van der Waals surface area contributed by atoms with Gasteiger partial charge < -0.3 is 0 Å². The topological polar surface area (TPSA) is 9.72 Å². The predicted octanol–water partition coefficient (Wildman–Crippen LogP) is 2.25. The molecule has 0 bridgehead atoms. The minimum absolute atomic E-state index is 0.0395. The van der Waals surface area contributed by atoms with Gasteiger partial charge in [0.2, 0.25) is 0 Å². The molecule has 1 rings (SSSR count). The molecular formula is C12H23N3. The lowest BCUT2D eigenvalue weighted by Gasteiger charge is -2.53. The van der Waals surface area contributed by atoms with Crippen molar-refractivity contribution >= 4 is 0 Å². The number of hydrogen-bond acceptors (Lipinski definition) is 3. The van der Waals surface area contributed by atoms with Gasteiger partial charge in [-0.15, -0.1) is 0 Å². The maximum atomic E-state index is 2.25. The molecule has 0 spiro atoms. The van der Waals surface area contributed by atoms with Crippen LogP contribution in [0, 0.1) is 0 Å². The molecule has 0 N–H and O–H groups in total. The number of allylic oxidation sites excluding steroid dienone is 2. The van der Waals surface area contributed by atoms with Crippen molar-refractivity contribution in [3.8, 4) is 0 Å². The number of nitrogens with zero attached hydrogens (tertiary/aromatic N) is 3. The second-order valence-electron chi connectivity index (χ2n) is 4.47. The van der Waals surface area contributed by atoms with E-state index in [0.717, 1.165) is 0 Å². The third kappa shape index (κ3) is 1.70. The van der Waals surface area contributed by atoms with Gasteiger partial charge in [0.05, 0.1) is 11.2 Å². The fourth-order valence-corrected chi connectivity index (χ4v) is 2.22. The molecule has 86 valence electrons. The molecule has 0 atom stereocenters. The van der Waals surface area contributed by atoms with Gasteiger partial charge in [0.15, 0.2) is 0 Å². The third-order valence-electron chi connectivity index (χ3n) is 3.52. The molecule has 0 aromatic heterocycles. The largest absolute Gasteiger partial charge is 0.296 e. The maximum Gasteiger partial charge on any atom is 0.0580 e. The molecule has 0 saturated carbocycles. The summed E-state index contributed by atoms with van der Waals surface area (Å²) in [6.07, 6.45) is 4.37. The van der Waals surface area contributed by atoms with Gasteiger partial charge in [0.1, 0.15) is 0 Å². The van der Waals surface area contributed by atoms with E-state index in [1.165, 1.54) is 11.3 Å². The van der Waals surface area contributed by atoms with E-state index in [2.05, 4.69) is 76.1 Å². The smallest absolute Gasteiger partial charge is 0.0580 e. The molecule has 0 aromatic rings. The second-order valence-corrected chi connectivity index (χ2v) is 4.47. The number of likely N-dealkylation sites (N-methyl/N-ethyl adjacent to an activating group) is 2. The quantitative estimate of drug-likeness (QED) is 0.606. The van der Waals surface area contributed by atoms with Gasteiger partial charge in [0.25, 0.3) is 0 Å². The fraction of sp³-hybridized carbons (Fsp3) is 0.667. The molecule has 1 saturated heterocycles. The molecule has 3 nitrogen and oxygen atoms in total. The summed E-state index contributed by atoms with van der Waals surface area (Å²) in [7, 11) is 6.29. The first-order valence-corrected chi connectivity index (χ1v) is 5.42. The minimum Gasteiger partial charge on any atom is -0.296 e. The van der Waals surface area contributed by atoms with Crippen molar-refractivity contribution in [1.29, 1.82) is 0 Å². The van der Waals surface area contributed by atoms with Crippen molar-refractivity contribution in [3.05, 3.63) is 23.4 Å². The third-order valence-corrected chi connectivity index (χ3v) is 3.52. The molecule has 1 aliphatic heterocycles. The zero-order valence-electron chi connectivity index (χ0n) is 11.0. The van der Waals surface area contributed by atoms with Gasteiger partial charge >= 0.3 is 0 Å². The monoisotopic (exact) mass is 209 g/mol. The zero-order valence-corrected chi connectivity index (χ0v) is 11.0. The lowest BCUT2D eigenvalue weighted by Crippen LogP contribution is -2.61. The Balaban J connectivity index is 3.26. The van der Waals surface area contributed by atoms with Crippen LogP contribution in [-0.4, -0.2) is 41.8 Å². The van der Waals surface area contributed by atoms with E-state index < -0.39 is 0 Å². The Morgan fingerprint density at radius 1 is 1.00 bits per heavy atom. The fourth-order valence-electron chi connectivity index (χ4n) is 2.22. The Labute approximate surface area is 93.6 Å². The van der Waals surface area contributed by atoms with E-state index in [4.69, 9.17) is 0 Å². The molecule has 1 heterocycles. The first kappa shape index (κ1) is 12.3. The van der Waals surface area contributed by atoms with Crippen LogP contribution in [0.2, 0.25) is 0 Å². The standard InChI is InChI=1S/C12H23N3/c1-8-10-11(9-2)13(5)15(7)14(6)12(10,3)4/h8-9H,1-7H3. The van der Waals surface area contributed by atoms with E-state index in [1.54, 1.807) is 0 Å². The highest BCUT2D eigenvalue weighted by Crippen LogP contribution is 2.36. The van der Waals surface area contributed by atoms with Gasteiger partial charge in [-0.2, -0.15) is 5.12 Å². The Hall–Kier alpha value is -0.800. The summed E-state index contributed by atoms with van der Waals surface area (Å²) < 4.78 is 0. The first-order chi connectivity index (χ1) is 6.87. The van der Waals surface area contributed by atoms with E-state index in [1.807, 2.05) is 0 Å². The number of hydrazine groups is 2. The lowest BCUT2D eigenvalue weighted by atomic mass is 9.89. The van der Waals surface area contributed by atoms with Crippen LogP contribution in [0.15, 0.2) is 23.4 Å². The van der Waals surface area contributed by atoms with Gasteiger partial charge in [-0.05, 0) is 33.3 Å². The Bertz CT molecular complexity index is 302. The summed E-state index contributed by atoms with van der Waals surface area (Å²) in [5.41, 5.74) is 2.69. The van der Waals surface area contributed by atoms with Gasteiger partial charge in [-0.25, -0.2) is 5.01 Å². The van der Waals surface area contributed by atoms with Crippen LogP contribution in [0.5, 0.6) is 0 Å². The zero-order chi connectivity index (χ0) is 11.8. The van der Waals surface area contributed by atoms with Crippen LogP contribution in [0.4, 0.5) is 0 Å². The summed E-state index contributed by atoms with van der Waals surface area (Å²) >= 11 is 0. The molecule has 0 unspecified atom stereocenters. The van der Waals surface area contributed by atoms with Gasteiger partial charge in [-0.3, -0.25) is 5.01 Å². The first-order valence-electron chi connectivity index (χ1n) is 5.42. The van der Waals surface area contributed by atoms with E-state index in [9.17, 15) is 0 Å². The molecule has 0 radical (unpaired) electrons. The molecule has 1 aliphatic rings. The summed E-state index contributed by atoms with van der Waals surface area (Å²) in [6, 6.07) is 0. The van der Waals surface area contributed by atoms with Crippen molar-refractivity contribution in [2.45, 2.75) is 33.2 Å². The summed E-state index contributed by atoms with van der Waals surface area (Å²) in [4.78, 5) is 0. The highest BCUT2D eigenvalue weighted by Gasteiger charge is 2.39. The SMILES string of the molecule is CC=C1C(=CC)C(C)(C)N(C)N(C)N1C. The van der Waals surface area contributed by atoms with Crippen molar-refractivity contribution < 1.29 is 0 Å². The number of rotatable bonds is 0. The summed E-state index contributed by atoms with van der Waals surface area (Å²) in [5.74, 6) is 0. The molecule has 0 amide bonds. The van der Waals surface area contributed by atoms with Crippen molar-refractivity contribution in [2.24, 2.45) is 0 Å². The molecule has 3 heteroatoms. The molecule has 15 heavy (non-hydrogen) atoms. The highest BCUT2D eigenvalue weighted by atomic mass is 15.9. The average Bonchev–Trinajstić information content (AvgIpc) is 2.20. The second kappa shape index (κ2) is 3.99. The van der Waals surface area contributed by atoms with Crippen LogP contribution in [0.25, 0.3) is 0 Å². The summed E-state index contributed by atoms with van der Waals surface area (Å²) in [6.45, 7) is 8.68. The molecule has 1 fully saturated rings. The van der Waals surface area contributed by atoms with Gasteiger partial charge in [0, 0.05) is 21.1 Å². The van der Waals surface area contributed by atoms with Crippen LogP contribution in [0.3, 0.4) is 0 Å².